The summed E-state index contributed by atoms with van der Waals surface area (Å²) in [6.07, 6.45) is 4.77. The normalized spacial score (nSPS) is 19.4. The van der Waals surface area contributed by atoms with E-state index in [0.29, 0.717) is 11.7 Å². The molecule has 3 nitrogen and oxygen atoms in total. The lowest BCUT2D eigenvalue weighted by molar-refractivity contribution is -0.0194. The zero-order chi connectivity index (χ0) is 19.9. The van der Waals surface area contributed by atoms with Crippen LogP contribution in [0.1, 0.15) is 56.8 Å². The van der Waals surface area contributed by atoms with Crippen LogP contribution < -0.4 is 9.47 Å². The summed E-state index contributed by atoms with van der Waals surface area (Å²) in [5.41, 5.74) is 1.28. The lowest BCUT2D eigenvalue weighted by atomic mass is 9.92. The second kappa shape index (κ2) is 9.87. The van der Waals surface area contributed by atoms with Gasteiger partial charge in [-0.2, -0.15) is 4.39 Å². The van der Waals surface area contributed by atoms with E-state index in [1.165, 1.54) is 31.4 Å². The van der Waals surface area contributed by atoms with E-state index < -0.39 is 11.6 Å². The standard InChI is InChI=1S/C23H28F2O3/c1-3-5-16-6-12-20(28-14-16)17-7-10-19(11-8-17)27-15-18-9-13-21(26-4-2)23(25)22(18)24/h7-11,13,16,20H,3-6,12,14-15H2,1-2H3. The van der Waals surface area contributed by atoms with Crippen LogP contribution in [0.25, 0.3) is 0 Å². The van der Waals surface area contributed by atoms with Crippen LogP contribution in [0.4, 0.5) is 8.78 Å². The molecule has 0 N–H and O–H groups in total. The van der Waals surface area contributed by atoms with Gasteiger partial charge in [-0.05, 0) is 61.9 Å². The zero-order valence-corrected chi connectivity index (χ0v) is 16.5. The quantitative estimate of drug-likeness (QED) is 0.536. The molecule has 0 saturated carbocycles. The molecule has 0 aromatic heterocycles. The molecular weight excluding hydrogens is 362 g/mol. The first-order chi connectivity index (χ1) is 13.6. The maximum Gasteiger partial charge on any atom is 0.201 e. The summed E-state index contributed by atoms with van der Waals surface area (Å²) in [6.45, 7) is 4.98. The molecule has 2 aromatic rings. The van der Waals surface area contributed by atoms with Crippen LogP contribution in [0.15, 0.2) is 36.4 Å². The van der Waals surface area contributed by atoms with E-state index >= 15 is 0 Å². The van der Waals surface area contributed by atoms with Gasteiger partial charge >= 0.3 is 0 Å². The highest BCUT2D eigenvalue weighted by Crippen LogP contribution is 2.33. The lowest BCUT2D eigenvalue weighted by Gasteiger charge is -2.29. The van der Waals surface area contributed by atoms with Gasteiger partial charge in [0.2, 0.25) is 5.82 Å². The zero-order valence-electron chi connectivity index (χ0n) is 16.5. The number of ether oxygens (including phenoxy) is 3. The van der Waals surface area contributed by atoms with Crippen molar-refractivity contribution < 1.29 is 23.0 Å². The summed E-state index contributed by atoms with van der Waals surface area (Å²) in [4.78, 5) is 0. The maximum atomic E-state index is 14.1. The van der Waals surface area contributed by atoms with Crippen molar-refractivity contribution in [2.75, 3.05) is 13.2 Å². The van der Waals surface area contributed by atoms with E-state index in [-0.39, 0.29) is 30.6 Å². The average molecular weight is 390 g/mol. The molecule has 3 rings (SSSR count). The van der Waals surface area contributed by atoms with E-state index in [9.17, 15) is 8.78 Å². The first-order valence-corrected chi connectivity index (χ1v) is 10.1. The van der Waals surface area contributed by atoms with Gasteiger partial charge in [-0.15, -0.1) is 0 Å². The highest BCUT2D eigenvalue weighted by molar-refractivity contribution is 5.32. The minimum Gasteiger partial charge on any atom is -0.491 e. The third-order valence-corrected chi connectivity index (χ3v) is 5.14. The molecule has 0 amide bonds. The Hall–Kier alpha value is -2.14. The van der Waals surface area contributed by atoms with Crippen LogP contribution in [0.2, 0.25) is 0 Å². The van der Waals surface area contributed by atoms with E-state index in [0.717, 1.165) is 18.6 Å². The highest BCUT2D eigenvalue weighted by Gasteiger charge is 2.22. The SMILES string of the molecule is CCCC1CCC(c2ccc(OCc3ccc(OCC)c(F)c3F)cc2)OC1. The van der Waals surface area contributed by atoms with Crippen molar-refractivity contribution >= 4 is 0 Å². The van der Waals surface area contributed by atoms with Gasteiger partial charge in [0, 0.05) is 5.56 Å². The molecule has 2 atom stereocenters. The molecule has 0 bridgehead atoms. The van der Waals surface area contributed by atoms with Crippen molar-refractivity contribution in [3.8, 4) is 11.5 Å². The van der Waals surface area contributed by atoms with Crippen molar-refractivity contribution in [3.05, 3.63) is 59.2 Å². The van der Waals surface area contributed by atoms with Crippen LogP contribution in [0, 0.1) is 17.6 Å². The Balaban J connectivity index is 1.56. The average Bonchev–Trinajstić information content (AvgIpc) is 2.72. The van der Waals surface area contributed by atoms with Gasteiger partial charge in [0.25, 0.3) is 0 Å². The van der Waals surface area contributed by atoms with Crippen LogP contribution in [-0.2, 0) is 11.3 Å². The summed E-state index contributed by atoms with van der Waals surface area (Å²) in [7, 11) is 0. The molecule has 1 fully saturated rings. The Morgan fingerprint density at radius 1 is 0.964 bits per heavy atom. The molecule has 1 aliphatic heterocycles. The second-order valence-electron chi connectivity index (χ2n) is 7.20. The van der Waals surface area contributed by atoms with Gasteiger partial charge < -0.3 is 14.2 Å². The smallest absolute Gasteiger partial charge is 0.201 e. The van der Waals surface area contributed by atoms with Gasteiger partial charge in [0.1, 0.15) is 12.4 Å². The maximum absolute atomic E-state index is 14.1. The Morgan fingerprint density at radius 2 is 1.75 bits per heavy atom. The Labute approximate surface area is 165 Å². The molecular formula is C23H28F2O3. The van der Waals surface area contributed by atoms with Crippen LogP contribution in [0.5, 0.6) is 11.5 Å². The number of hydrogen-bond donors (Lipinski definition) is 0. The topological polar surface area (TPSA) is 27.7 Å². The van der Waals surface area contributed by atoms with E-state index in [2.05, 4.69) is 6.92 Å². The van der Waals surface area contributed by atoms with Crippen molar-refractivity contribution in [1.82, 2.24) is 0 Å². The Kier molecular flexibility index (Phi) is 7.26. The molecule has 1 heterocycles. The third kappa shape index (κ3) is 5.02. The van der Waals surface area contributed by atoms with E-state index in [4.69, 9.17) is 14.2 Å². The first-order valence-electron chi connectivity index (χ1n) is 10.1. The van der Waals surface area contributed by atoms with E-state index in [1.54, 1.807) is 6.92 Å². The van der Waals surface area contributed by atoms with Crippen molar-refractivity contribution in [2.24, 2.45) is 5.92 Å². The van der Waals surface area contributed by atoms with E-state index in [1.807, 2.05) is 24.3 Å². The molecule has 2 aromatic carbocycles. The number of benzene rings is 2. The molecule has 0 radical (unpaired) electrons. The molecule has 1 aliphatic rings. The fraction of sp³-hybridized carbons (Fsp3) is 0.478. The fourth-order valence-electron chi connectivity index (χ4n) is 3.59. The van der Waals surface area contributed by atoms with Crippen LogP contribution >= 0.6 is 0 Å². The van der Waals surface area contributed by atoms with Gasteiger partial charge in [0.15, 0.2) is 11.6 Å². The minimum absolute atomic E-state index is 0.0485. The van der Waals surface area contributed by atoms with Crippen molar-refractivity contribution in [3.63, 3.8) is 0 Å². The van der Waals surface area contributed by atoms with Crippen LogP contribution in [-0.4, -0.2) is 13.2 Å². The van der Waals surface area contributed by atoms with Gasteiger partial charge in [-0.3, -0.25) is 0 Å². The number of rotatable bonds is 8. The molecule has 2 unspecified atom stereocenters. The number of halogens is 2. The predicted molar refractivity (Wildman–Crippen MR) is 105 cm³/mol. The third-order valence-electron chi connectivity index (χ3n) is 5.14. The lowest BCUT2D eigenvalue weighted by Crippen LogP contribution is -2.20. The largest absolute Gasteiger partial charge is 0.491 e. The summed E-state index contributed by atoms with van der Waals surface area (Å²) >= 11 is 0. The van der Waals surface area contributed by atoms with Gasteiger partial charge in [-0.1, -0.05) is 25.5 Å². The van der Waals surface area contributed by atoms with Crippen molar-refractivity contribution in [1.29, 1.82) is 0 Å². The molecule has 0 spiro atoms. The molecule has 1 saturated heterocycles. The fourth-order valence-corrected chi connectivity index (χ4v) is 3.59. The summed E-state index contributed by atoms with van der Waals surface area (Å²) in [5, 5.41) is 0. The highest BCUT2D eigenvalue weighted by atomic mass is 19.2. The summed E-state index contributed by atoms with van der Waals surface area (Å²) in [6, 6.07) is 10.6. The number of hydrogen-bond acceptors (Lipinski definition) is 3. The Morgan fingerprint density at radius 3 is 2.39 bits per heavy atom. The van der Waals surface area contributed by atoms with Gasteiger partial charge in [0.05, 0.1) is 19.3 Å². The minimum atomic E-state index is -0.978. The van der Waals surface area contributed by atoms with Gasteiger partial charge in [-0.25, -0.2) is 4.39 Å². The summed E-state index contributed by atoms with van der Waals surface area (Å²) in [5.74, 6) is -0.707. The van der Waals surface area contributed by atoms with Crippen molar-refractivity contribution in [2.45, 2.75) is 52.2 Å². The summed E-state index contributed by atoms with van der Waals surface area (Å²) < 4.78 is 44.8. The molecule has 0 aliphatic carbocycles. The predicted octanol–water partition coefficient (Wildman–Crippen LogP) is 6.21. The Bertz CT molecular complexity index is 753. The molecule has 28 heavy (non-hydrogen) atoms. The van der Waals surface area contributed by atoms with Crippen LogP contribution in [0.3, 0.4) is 0 Å². The monoisotopic (exact) mass is 390 g/mol. The molecule has 152 valence electrons. The first kappa shape index (κ1) is 20.6. The second-order valence-corrected chi connectivity index (χ2v) is 7.20. The molecule has 5 heteroatoms.